The van der Waals surface area contributed by atoms with Crippen molar-refractivity contribution in [3.05, 3.63) is 46.5 Å². The van der Waals surface area contributed by atoms with Crippen molar-refractivity contribution in [1.82, 2.24) is 5.32 Å². The number of nitrogens with one attached hydrogen (secondary N) is 1. The first-order valence-corrected chi connectivity index (χ1v) is 7.66. The van der Waals surface area contributed by atoms with Crippen molar-refractivity contribution in [1.29, 1.82) is 0 Å². The molecule has 0 saturated carbocycles. The molecule has 1 aromatic carbocycles. The molecule has 0 aromatic heterocycles. The fourth-order valence-corrected chi connectivity index (χ4v) is 3.28. The van der Waals surface area contributed by atoms with Gasteiger partial charge >= 0.3 is 0 Å². The molecule has 0 spiro atoms. The summed E-state index contributed by atoms with van der Waals surface area (Å²) in [6.45, 7) is 4.46. The van der Waals surface area contributed by atoms with Crippen molar-refractivity contribution < 1.29 is 0 Å². The average Bonchev–Trinajstić information content (AvgIpc) is 2.35. The van der Waals surface area contributed by atoms with E-state index in [0.717, 1.165) is 0 Å². The summed E-state index contributed by atoms with van der Waals surface area (Å²) in [5, 5.41) is 3.55. The van der Waals surface area contributed by atoms with Crippen LogP contribution in [-0.4, -0.2) is 7.05 Å². The molecule has 0 saturated heterocycles. The molecular weight excluding hydrogens is 230 g/mol. The van der Waals surface area contributed by atoms with E-state index in [1.807, 2.05) is 0 Å². The van der Waals surface area contributed by atoms with E-state index in [2.05, 4.69) is 50.5 Å². The number of benzene rings is 1. The highest BCUT2D eigenvalue weighted by molar-refractivity contribution is 5.40. The van der Waals surface area contributed by atoms with Gasteiger partial charge in [0.1, 0.15) is 0 Å². The van der Waals surface area contributed by atoms with Crippen LogP contribution >= 0.6 is 0 Å². The van der Waals surface area contributed by atoms with E-state index < -0.39 is 0 Å². The van der Waals surface area contributed by atoms with Crippen LogP contribution in [0.3, 0.4) is 0 Å². The molecule has 0 bridgehead atoms. The first-order valence-electron chi connectivity index (χ1n) is 7.66. The van der Waals surface area contributed by atoms with Gasteiger partial charge in [-0.3, -0.25) is 0 Å². The Morgan fingerprint density at radius 2 is 1.68 bits per heavy atom. The Morgan fingerprint density at radius 1 is 1.00 bits per heavy atom. The third kappa shape index (κ3) is 3.48. The molecule has 1 aromatic rings. The smallest absolute Gasteiger partial charge is 0.0538 e. The number of hydrogen-bond acceptors (Lipinski definition) is 1. The van der Waals surface area contributed by atoms with Gasteiger partial charge in [-0.05, 0) is 63.3 Å². The number of hydrogen-bond donors (Lipinski definition) is 1. The van der Waals surface area contributed by atoms with E-state index in [1.54, 1.807) is 5.57 Å². The van der Waals surface area contributed by atoms with Crippen LogP contribution in [0.5, 0.6) is 0 Å². The highest BCUT2D eigenvalue weighted by atomic mass is 14.9. The molecule has 19 heavy (non-hydrogen) atoms. The van der Waals surface area contributed by atoms with E-state index in [9.17, 15) is 0 Å². The molecule has 0 heterocycles. The van der Waals surface area contributed by atoms with Crippen molar-refractivity contribution in [3.63, 3.8) is 0 Å². The van der Waals surface area contributed by atoms with Crippen molar-refractivity contribution >= 4 is 0 Å². The Morgan fingerprint density at radius 3 is 2.37 bits per heavy atom. The van der Waals surface area contributed by atoms with Crippen molar-refractivity contribution in [2.24, 2.45) is 0 Å². The number of likely N-dealkylation sites (N-methyl/N-ethyl adjacent to an activating group) is 1. The minimum Gasteiger partial charge on any atom is -0.310 e. The summed E-state index contributed by atoms with van der Waals surface area (Å²) >= 11 is 0. The van der Waals surface area contributed by atoms with Crippen LogP contribution in [0, 0.1) is 13.8 Å². The average molecular weight is 257 g/mol. The monoisotopic (exact) mass is 257 g/mol. The SMILES string of the molecule is CNC(/C1=C/CCCCCC1)c1c(C)cccc1C. The Hall–Kier alpha value is -1.08. The Labute approximate surface area is 118 Å². The normalized spacial score (nSPS) is 21.1. The zero-order chi connectivity index (χ0) is 13.7. The van der Waals surface area contributed by atoms with Gasteiger partial charge in [0.25, 0.3) is 0 Å². The molecule has 1 N–H and O–H groups in total. The van der Waals surface area contributed by atoms with Crippen molar-refractivity contribution in [2.75, 3.05) is 7.05 Å². The van der Waals surface area contributed by atoms with Crippen LogP contribution in [-0.2, 0) is 0 Å². The Balaban J connectivity index is 2.32. The summed E-state index contributed by atoms with van der Waals surface area (Å²) in [5.74, 6) is 0. The summed E-state index contributed by atoms with van der Waals surface area (Å²) in [6, 6.07) is 7.03. The molecule has 1 unspecified atom stereocenters. The molecule has 0 aliphatic heterocycles. The Bertz CT molecular complexity index is 425. The van der Waals surface area contributed by atoms with Crippen molar-refractivity contribution in [2.45, 2.75) is 58.4 Å². The summed E-state index contributed by atoms with van der Waals surface area (Å²) in [6.07, 6.45) is 10.5. The lowest BCUT2D eigenvalue weighted by molar-refractivity contribution is 0.571. The lowest BCUT2D eigenvalue weighted by atomic mass is 9.87. The van der Waals surface area contributed by atoms with Gasteiger partial charge in [0.05, 0.1) is 6.04 Å². The molecule has 1 heteroatoms. The second-order valence-electron chi connectivity index (χ2n) is 5.76. The molecule has 0 amide bonds. The van der Waals surface area contributed by atoms with Gasteiger partial charge in [-0.2, -0.15) is 0 Å². The predicted molar refractivity (Wildman–Crippen MR) is 83.5 cm³/mol. The van der Waals surface area contributed by atoms with Gasteiger partial charge < -0.3 is 5.32 Å². The number of aryl methyl sites for hydroxylation is 2. The molecule has 0 fully saturated rings. The summed E-state index contributed by atoms with van der Waals surface area (Å²) in [4.78, 5) is 0. The zero-order valence-electron chi connectivity index (χ0n) is 12.6. The fraction of sp³-hybridized carbons (Fsp3) is 0.556. The Kier molecular flexibility index (Phi) is 5.21. The second kappa shape index (κ2) is 6.91. The third-order valence-electron chi connectivity index (χ3n) is 4.32. The number of allylic oxidation sites excluding steroid dienone is 1. The fourth-order valence-electron chi connectivity index (χ4n) is 3.28. The molecule has 0 radical (unpaired) electrons. The van der Waals surface area contributed by atoms with E-state index in [0.29, 0.717) is 6.04 Å². The third-order valence-corrected chi connectivity index (χ3v) is 4.32. The van der Waals surface area contributed by atoms with Crippen LogP contribution in [0.25, 0.3) is 0 Å². The molecule has 1 nitrogen and oxygen atoms in total. The minimum absolute atomic E-state index is 0.402. The van der Waals surface area contributed by atoms with E-state index in [-0.39, 0.29) is 0 Å². The van der Waals surface area contributed by atoms with Gasteiger partial charge in [-0.1, -0.05) is 42.7 Å². The van der Waals surface area contributed by atoms with Gasteiger partial charge in [0, 0.05) is 0 Å². The lowest BCUT2D eigenvalue weighted by Gasteiger charge is -2.25. The van der Waals surface area contributed by atoms with Gasteiger partial charge in [0.15, 0.2) is 0 Å². The van der Waals surface area contributed by atoms with E-state index >= 15 is 0 Å². The van der Waals surface area contributed by atoms with E-state index in [1.165, 1.54) is 55.2 Å². The largest absolute Gasteiger partial charge is 0.310 e. The highest BCUT2D eigenvalue weighted by Crippen LogP contribution is 2.32. The first-order chi connectivity index (χ1) is 9.24. The zero-order valence-corrected chi connectivity index (χ0v) is 12.6. The lowest BCUT2D eigenvalue weighted by Crippen LogP contribution is -2.21. The molecular formula is C18H27N. The molecule has 1 atom stereocenters. The van der Waals surface area contributed by atoms with Gasteiger partial charge in [-0.25, -0.2) is 0 Å². The highest BCUT2D eigenvalue weighted by Gasteiger charge is 2.18. The quantitative estimate of drug-likeness (QED) is 0.764. The number of rotatable bonds is 3. The molecule has 2 rings (SSSR count). The first kappa shape index (κ1) is 14.3. The van der Waals surface area contributed by atoms with Gasteiger partial charge in [0.2, 0.25) is 0 Å². The topological polar surface area (TPSA) is 12.0 Å². The van der Waals surface area contributed by atoms with Crippen LogP contribution in [0.15, 0.2) is 29.8 Å². The van der Waals surface area contributed by atoms with Crippen LogP contribution < -0.4 is 5.32 Å². The van der Waals surface area contributed by atoms with Gasteiger partial charge in [-0.15, -0.1) is 0 Å². The summed E-state index contributed by atoms with van der Waals surface area (Å²) in [7, 11) is 2.09. The molecule has 1 aliphatic carbocycles. The van der Waals surface area contributed by atoms with Crippen LogP contribution in [0.1, 0.15) is 61.3 Å². The standard InChI is InChI=1S/C18H27N/c1-14-10-9-11-15(2)17(14)18(19-3)16-12-7-5-4-6-8-13-16/h9-12,18-19H,4-8,13H2,1-3H3/b16-12+. The summed E-state index contributed by atoms with van der Waals surface area (Å²) in [5.41, 5.74) is 5.89. The summed E-state index contributed by atoms with van der Waals surface area (Å²) < 4.78 is 0. The van der Waals surface area contributed by atoms with Crippen molar-refractivity contribution in [3.8, 4) is 0 Å². The second-order valence-corrected chi connectivity index (χ2v) is 5.76. The molecule has 104 valence electrons. The maximum Gasteiger partial charge on any atom is 0.0538 e. The maximum absolute atomic E-state index is 3.55. The predicted octanol–water partition coefficient (Wildman–Crippen LogP) is 4.84. The van der Waals surface area contributed by atoms with Crippen LogP contribution in [0.2, 0.25) is 0 Å². The molecule has 1 aliphatic rings. The maximum atomic E-state index is 3.55. The van der Waals surface area contributed by atoms with Crippen LogP contribution in [0.4, 0.5) is 0 Å². The van der Waals surface area contributed by atoms with E-state index in [4.69, 9.17) is 0 Å². The minimum atomic E-state index is 0.402.